The highest BCUT2D eigenvalue weighted by Gasteiger charge is 1.86. The van der Waals surface area contributed by atoms with E-state index in [9.17, 15) is 0 Å². The van der Waals surface area contributed by atoms with Crippen LogP contribution in [0.3, 0.4) is 0 Å². The van der Waals surface area contributed by atoms with Gasteiger partial charge in [-0.2, -0.15) is 0 Å². The molecule has 0 bridgehead atoms. The first kappa shape index (κ1) is 7.70. The molecule has 0 aliphatic heterocycles. The zero-order valence-corrected chi connectivity index (χ0v) is 5.78. The number of hydrogen-bond donors (Lipinski definition) is 0. The molecule has 0 fully saturated rings. The molecule has 0 aliphatic carbocycles. The van der Waals surface area contributed by atoms with Crippen molar-refractivity contribution in [1.82, 2.24) is 0 Å². The van der Waals surface area contributed by atoms with Crippen LogP contribution in [0, 0.1) is 0 Å². The first-order chi connectivity index (χ1) is 3.81. The van der Waals surface area contributed by atoms with Crippen LogP contribution in [0.2, 0.25) is 0 Å². The average Bonchev–Trinajstić information content (AvgIpc) is 1.68. The monoisotopic (exact) mass is 131 g/mol. The highest BCUT2D eigenvalue weighted by molar-refractivity contribution is 6.65. The lowest BCUT2D eigenvalue weighted by atomic mass is 10.4. The molecule has 1 nitrogen and oxygen atoms in total. The van der Waals surface area contributed by atoms with Crippen LogP contribution in [0.4, 0.5) is 0 Å². The maximum Gasteiger partial charge on any atom is 0.106 e. The topological polar surface area (TPSA) is 12.4 Å². The summed E-state index contributed by atoms with van der Waals surface area (Å²) in [4.78, 5) is 3.76. The summed E-state index contributed by atoms with van der Waals surface area (Å²) >= 11 is 5.56. The second-order valence-electron chi connectivity index (χ2n) is 1.44. The molecule has 2 heteroatoms. The van der Waals surface area contributed by atoms with Crippen molar-refractivity contribution in [2.75, 3.05) is 0 Å². The Kier molecular flexibility index (Phi) is 4.67. The maximum absolute atomic E-state index is 5.56. The summed E-state index contributed by atoms with van der Waals surface area (Å²) in [6.45, 7) is 5.47. The molecule has 0 aromatic heterocycles. The number of rotatable bonds is 3. The Hall–Kier alpha value is -0.300. The van der Waals surface area contributed by atoms with Gasteiger partial charge in [0.2, 0.25) is 0 Å². The zero-order valence-electron chi connectivity index (χ0n) is 5.02. The van der Waals surface area contributed by atoms with E-state index in [-0.39, 0.29) is 0 Å². The molecular formula is C6H10ClN. The van der Waals surface area contributed by atoms with Crippen LogP contribution in [0.1, 0.15) is 19.8 Å². The minimum Gasteiger partial charge on any atom is -0.250 e. The second kappa shape index (κ2) is 4.85. The Labute approximate surface area is 55.1 Å². The van der Waals surface area contributed by atoms with Crippen molar-refractivity contribution in [3.63, 3.8) is 0 Å². The number of nitrogens with zero attached hydrogens (tertiary/aromatic N) is 1. The van der Waals surface area contributed by atoms with Gasteiger partial charge in [-0.15, -0.1) is 0 Å². The molecule has 0 aromatic carbocycles. The molecule has 0 radical (unpaired) electrons. The van der Waals surface area contributed by atoms with Gasteiger partial charge in [0, 0.05) is 12.6 Å². The lowest BCUT2D eigenvalue weighted by Crippen LogP contribution is -1.82. The molecule has 0 saturated carbocycles. The fourth-order valence-corrected chi connectivity index (χ4v) is 0.628. The Morgan fingerprint density at radius 2 is 2.50 bits per heavy atom. The van der Waals surface area contributed by atoms with Gasteiger partial charge in [-0.05, 0) is 6.42 Å². The van der Waals surface area contributed by atoms with Crippen molar-refractivity contribution in [3.05, 3.63) is 12.8 Å². The van der Waals surface area contributed by atoms with Crippen LogP contribution < -0.4 is 0 Å². The van der Waals surface area contributed by atoms with Crippen molar-refractivity contribution in [1.29, 1.82) is 0 Å². The fraction of sp³-hybridized carbons (Fsp3) is 0.500. The van der Waals surface area contributed by atoms with E-state index in [1.165, 1.54) is 6.20 Å². The lowest BCUT2D eigenvalue weighted by Gasteiger charge is -1.87. The van der Waals surface area contributed by atoms with Crippen LogP contribution in [0.25, 0.3) is 0 Å². The predicted molar refractivity (Wildman–Crippen MR) is 38.4 cm³/mol. The first-order valence-corrected chi connectivity index (χ1v) is 3.02. The third-order valence-corrected chi connectivity index (χ3v) is 0.974. The summed E-state index contributed by atoms with van der Waals surface area (Å²) in [6, 6.07) is 0. The Morgan fingerprint density at radius 1 is 1.88 bits per heavy atom. The molecule has 0 amide bonds. The van der Waals surface area contributed by atoms with Gasteiger partial charge in [0.25, 0.3) is 0 Å². The van der Waals surface area contributed by atoms with Gasteiger partial charge < -0.3 is 0 Å². The van der Waals surface area contributed by atoms with Gasteiger partial charge in [0.15, 0.2) is 0 Å². The average molecular weight is 132 g/mol. The van der Waals surface area contributed by atoms with Crippen LogP contribution in [0.5, 0.6) is 0 Å². The van der Waals surface area contributed by atoms with Crippen molar-refractivity contribution in [2.45, 2.75) is 19.8 Å². The van der Waals surface area contributed by atoms with Crippen molar-refractivity contribution in [3.8, 4) is 0 Å². The van der Waals surface area contributed by atoms with Crippen molar-refractivity contribution < 1.29 is 0 Å². The van der Waals surface area contributed by atoms with E-state index < -0.39 is 0 Å². The summed E-state index contributed by atoms with van der Waals surface area (Å²) in [5.74, 6) is 0. The third-order valence-electron chi connectivity index (χ3n) is 0.688. The summed E-state index contributed by atoms with van der Waals surface area (Å²) < 4.78 is 0. The van der Waals surface area contributed by atoms with E-state index in [4.69, 9.17) is 11.6 Å². The molecule has 0 spiro atoms. The first-order valence-electron chi connectivity index (χ1n) is 2.64. The minimum absolute atomic E-state index is 0.641. The summed E-state index contributed by atoms with van der Waals surface area (Å²) in [5, 5.41) is 0.641. The van der Waals surface area contributed by atoms with Crippen LogP contribution in [0.15, 0.2) is 17.8 Å². The molecule has 46 valence electrons. The lowest BCUT2D eigenvalue weighted by molar-refractivity contribution is 1.00. The summed E-state index contributed by atoms with van der Waals surface area (Å²) in [6.07, 6.45) is 3.35. The van der Waals surface area contributed by atoms with Crippen molar-refractivity contribution in [2.24, 2.45) is 4.99 Å². The molecular weight excluding hydrogens is 122 g/mol. The molecule has 8 heavy (non-hydrogen) atoms. The van der Waals surface area contributed by atoms with E-state index in [1.54, 1.807) is 0 Å². The Morgan fingerprint density at radius 3 is 2.88 bits per heavy atom. The highest BCUT2D eigenvalue weighted by Crippen LogP contribution is 1.96. The number of halogens is 1. The van der Waals surface area contributed by atoms with Gasteiger partial charge in [-0.25, -0.2) is 4.99 Å². The van der Waals surface area contributed by atoms with Gasteiger partial charge in [0.1, 0.15) is 5.17 Å². The largest absolute Gasteiger partial charge is 0.250 e. The quantitative estimate of drug-likeness (QED) is 0.522. The van der Waals surface area contributed by atoms with Crippen LogP contribution in [-0.4, -0.2) is 5.17 Å². The van der Waals surface area contributed by atoms with Crippen molar-refractivity contribution >= 4 is 16.8 Å². The minimum atomic E-state index is 0.641. The molecule has 0 saturated heterocycles. The van der Waals surface area contributed by atoms with E-state index in [0.29, 0.717) is 5.17 Å². The van der Waals surface area contributed by atoms with Gasteiger partial charge in [-0.1, -0.05) is 25.1 Å². The second-order valence-corrected chi connectivity index (χ2v) is 1.87. The molecule has 0 aromatic rings. The van der Waals surface area contributed by atoms with Gasteiger partial charge in [0.05, 0.1) is 0 Å². The Balaban J connectivity index is 3.44. The number of hydrogen-bond acceptors (Lipinski definition) is 1. The molecule has 0 rings (SSSR count). The number of aliphatic imine (C=N–C) groups is 1. The van der Waals surface area contributed by atoms with E-state index >= 15 is 0 Å². The molecule has 0 N–H and O–H groups in total. The summed E-state index contributed by atoms with van der Waals surface area (Å²) in [5.41, 5.74) is 0. The van der Waals surface area contributed by atoms with Gasteiger partial charge >= 0.3 is 0 Å². The zero-order chi connectivity index (χ0) is 6.41. The van der Waals surface area contributed by atoms with E-state index in [2.05, 4.69) is 18.5 Å². The predicted octanol–water partition coefficient (Wildman–Crippen LogP) is 2.57. The fourth-order valence-electron chi connectivity index (χ4n) is 0.370. The van der Waals surface area contributed by atoms with Crippen LogP contribution >= 0.6 is 11.6 Å². The summed E-state index contributed by atoms with van der Waals surface area (Å²) in [7, 11) is 0. The SMILES string of the molecule is C=C/N=C(/Cl)CCC. The van der Waals surface area contributed by atoms with Gasteiger partial charge in [-0.3, -0.25) is 0 Å². The van der Waals surface area contributed by atoms with E-state index in [0.717, 1.165) is 12.8 Å². The molecule has 0 heterocycles. The maximum atomic E-state index is 5.56. The van der Waals surface area contributed by atoms with Crippen LogP contribution in [-0.2, 0) is 0 Å². The Bertz CT molecular complexity index is 96.7. The molecule has 0 aliphatic rings. The van der Waals surface area contributed by atoms with E-state index in [1.807, 2.05) is 0 Å². The smallest absolute Gasteiger partial charge is 0.106 e. The normalized spacial score (nSPS) is 11.5. The molecule has 0 atom stereocenters. The third kappa shape index (κ3) is 3.88. The molecule has 0 unspecified atom stereocenters. The highest BCUT2D eigenvalue weighted by atomic mass is 35.5. The standard InChI is InChI=1S/C6H10ClN/c1-3-5-6(7)8-4-2/h4H,2-3,5H2,1H3/b8-6+.